The van der Waals surface area contributed by atoms with Crippen molar-refractivity contribution < 1.29 is 9.13 Å². The summed E-state index contributed by atoms with van der Waals surface area (Å²) >= 11 is 0. The number of benzene rings is 1. The fourth-order valence-electron chi connectivity index (χ4n) is 3.25. The van der Waals surface area contributed by atoms with Crippen molar-refractivity contribution in [2.45, 2.75) is 38.8 Å². The first-order valence-electron chi connectivity index (χ1n) is 7.57. The molecule has 2 rings (SSSR count). The van der Waals surface area contributed by atoms with Gasteiger partial charge in [0.2, 0.25) is 0 Å². The summed E-state index contributed by atoms with van der Waals surface area (Å²) in [4.78, 5) is 2.39. The molecule has 0 aliphatic carbocycles. The molecule has 0 radical (unpaired) electrons. The monoisotopic (exact) mass is 295 g/mol. The molecule has 21 heavy (non-hydrogen) atoms. The summed E-state index contributed by atoms with van der Waals surface area (Å²) in [6.45, 7) is 9.44. The number of nitrogens with one attached hydrogen (secondary N) is 1. The normalized spacial score (nSPS) is 21.0. The van der Waals surface area contributed by atoms with Crippen LogP contribution in [0.1, 0.15) is 37.4 Å². The Kier molecular flexibility index (Phi) is 5.32. The molecule has 2 atom stereocenters. The smallest absolute Gasteiger partial charge is 0.123 e. The highest BCUT2D eigenvalue weighted by Crippen LogP contribution is 2.35. The first-order valence-corrected chi connectivity index (χ1v) is 7.57. The van der Waals surface area contributed by atoms with E-state index in [0.717, 1.165) is 43.9 Å². The van der Waals surface area contributed by atoms with Gasteiger partial charge in [0.25, 0.3) is 0 Å². The summed E-state index contributed by atoms with van der Waals surface area (Å²) in [6.07, 6.45) is 0.914. The van der Waals surface area contributed by atoms with E-state index in [4.69, 9.17) is 10.6 Å². The van der Waals surface area contributed by atoms with Crippen molar-refractivity contribution in [2.24, 2.45) is 5.84 Å². The number of halogens is 1. The van der Waals surface area contributed by atoms with Gasteiger partial charge >= 0.3 is 0 Å². The van der Waals surface area contributed by atoms with E-state index in [-0.39, 0.29) is 17.4 Å². The molecular formula is C16H26FN3O. The molecule has 1 heterocycles. The van der Waals surface area contributed by atoms with Crippen LogP contribution < -0.4 is 11.3 Å². The summed E-state index contributed by atoms with van der Waals surface area (Å²) in [5.41, 5.74) is 4.53. The van der Waals surface area contributed by atoms with Crippen LogP contribution in [-0.2, 0) is 4.74 Å². The second-order valence-corrected chi connectivity index (χ2v) is 5.97. The highest BCUT2D eigenvalue weighted by molar-refractivity contribution is 5.29. The van der Waals surface area contributed by atoms with E-state index in [2.05, 4.69) is 24.2 Å². The van der Waals surface area contributed by atoms with Crippen molar-refractivity contribution >= 4 is 0 Å². The number of rotatable bonds is 5. The van der Waals surface area contributed by atoms with Gasteiger partial charge in [0.1, 0.15) is 5.82 Å². The van der Waals surface area contributed by atoms with Gasteiger partial charge < -0.3 is 4.74 Å². The molecule has 1 saturated heterocycles. The van der Waals surface area contributed by atoms with Gasteiger partial charge in [-0.1, -0.05) is 13.0 Å². The molecule has 0 spiro atoms. The zero-order chi connectivity index (χ0) is 15.5. The molecule has 1 aliphatic rings. The molecule has 1 aromatic carbocycles. The Morgan fingerprint density at radius 1 is 1.38 bits per heavy atom. The highest BCUT2D eigenvalue weighted by Gasteiger charge is 2.39. The van der Waals surface area contributed by atoms with Gasteiger partial charge in [0.15, 0.2) is 0 Å². The maximum Gasteiger partial charge on any atom is 0.123 e. The topological polar surface area (TPSA) is 50.5 Å². The lowest BCUT2D eigenvalue weighted by Gasteiger charge is -2.47. The summed E-state index contributed by atoms with van der Waals surface area (Å²) in [6, 6.07) is 4.98. The molecule has 0 amide bonds. The van der Waals surface area contributed by atoms with Gasteiger partial charge in [-0.3, -0.25) is 16.2 Å². The van der Waals surface area contributed by atoms with Crippen LogP contribution in [0.5, 0.6) is 0 Å². The fraction of sp³-hybridized carbons (Fsp3) is 0.625. The quantitative estimate of drug-likeness (QED) is 0.645. The lowest BCUT2D eigenvalue weighted by molar-refractivity contribution is -0.0329. The molecule has 1 aliphatic heterocycles. The second-order valence-electron chi connectivity index (χ2n) is 5.97. The minimum Gasteiger partial charge on any atom is -0.379 e. The molecule has 2 unspecified atom stereocenters. The molecule has 1 fully saturated rings. The van der Waals surface area contributed by atoms with Gasteiger partial charge in [-0.25, -0.2) is 4.39 Å². The minimum absolute atomic E-state index is 0.130. The largest absolute Gasteiger partial charge is 0.379 e. The summed E-state index contributed by atoms with van der Waals surface area (Å²) in [5.74, 6) is 5.63. The Morgan fingerprint density at radius 2 is 2.05 bits per heavy atom. The number of aryl methyl sites for hydroxylation is 1. The minimum atomic E-state index is -0.217. The Hall–Kier alpha value is -1.01. The Labute approximate surface area is 126 Å². The van der Waals surface area contributed by atoms with Crippen LogP contribution in [-0.4, -0.2) is 36.7 Å². The number of hydrogen-bond donors (Lipinski definition) is 2. The van der Waals surface area contributed by atoms with Crippen molar-refractivity contribution in [3.8, 4) is 0 Å². The Balaban J connectivity index is 2.35. The van der Waals surface area contributed by atoms with Gasteiger partial charge in [-0.2, -0.15) is 0 Å². The average Bonchev–Trinajstić information content (AvgIpc) is 2.47. The van der Waals surface area contributed by atoms with Crippen molar-refractivity contribution in [2.75, 3.05) is 26.3 Å². The van der Waals surface area contributed by atoms with E-state index in [1.165, 1.54) is 6.07 Å². The van der Waals surface area contributed by atoms with Crippen LogP contribution in [0.15, 0.2) is 18.2 Å². The third kappa shape index (κ3) is 3.43. The van der Waals surface area contributed by atoms with Gasteiger partial charge in [-0.05, 0) is 43.5 Å². The maximum atomic E-state index is 13.8. The number of nitrogens with zero attached hydrogens (tertiary/aromatic N) is 1. The second kappa shape index (κ2) is 6.83. The van der Waals surface area contributed by atoms with E-state index in [0.29, 0.717) is 0 Å². The summed E-state index contributed by atoms with van der Waals surface area (Å²) in [7, 11) is 0. The standard InChI is InChI=1S/C16H26FN3O/c1-4-16(3,20-5-7-21-8-6-20)15(19-18)13-9-12(2)10-14(17)11-13/h9-11,15,19H,4-8,18H2,1-3H3. The first-order chi connectivity index (χ1) is 10.0. The van der Waals surface area contributed by atoms with Crippen LogP contribution in [0.25, 0.3) is 0 Å². The summed E-state index contributed by atoms with van der Waals surface area (Å²) in [5, 5.41) is 0. The molecule has 4 nitrogen and oxygen atoms in total. The Bertz CT molecular complexity index is 456. The van der Waals surface area contributed by atoms with E-state index < -0.39 is 0 Å². The van der Waals surface area contributed by atoms with Crippen LogP contribution in [0.4, 0.5) is 4.39 Å². The zero-order valence-corrected chi connectivity index (χ0v) is 13.2. The predicted molar refractivity (Wildman–Crippen MR) is 82.3 cm³/mol. The predicted octanol–water partition coefficient (Wildman–Crippen LogP) is 2.14. The first kappa shape index (κ1) is 16.4. The number of hydrazine groups is 1. The SMILES string of the molecule is CCC(C)(C(NN)c1cc(C)cc(F)c1)N1CCOCC1. The van der Waals surface area contributed by atoms with Gasteiger partial charge in [0.05, 0.1) is 19.3 Å². The van der Waals surface area contributed by atoms with Gasteiger partial charge in [-0.15, -0.1) is 0 Å². The van der Waals surface area contributed by atoms with Crippen molar-refractivity contribution in [3.05, 3.63) is 35.1 Å². The summed E-state index contributed by atoms with van der Waals surface area (Å²) < 4.78 is 19.2. The number of nitrogens with two attached hydrogens (primary N) is 1. The van der Waals surface area contributed by atoms with Crippen molar-refractivity contribution in [1.82, 2.24) is 10.3 Å². The molecule has 1 aromatic rings. The van der Waals surface area contributed by atoms with E-state index in [9.17, 15) is 4.39 Å². The maximum absolute atomic E-state index is 13.8. The van der Waals surface area contributed by atoms with E-state index in [1.807, 2.05) is 13.0 Å². The number of morpholine rings is 1. The van der Waals surface area contributed by atoms with Crippen molar-refractivity contribution in [3.63, 3.8) is 0 Å². The zero-order valence-electron chi connectivity index (χ0n) is 13.2. The van der Waals surface area contributed by atoms with Crippen molar-refractivity contribution in [1.29, 1.82) is 0 Å². The highest BCUT2D eigenvalue weighted by atomic mass is 19.1. The molecular weight excluding hydrogens is 269 g/mol. The number of hydrogen-bond acceptors (Lipinski definition) is 4. The fourth-order valence-corrected chi connectivity index (χ4v) is 3.25. The average molecular weight is 295 g/mol. The molecule has 118 valence electrons. The molecule has 5 heteroatoms. The lowest BCUT2D eigenvalue weighted by Crippen LogP contribution is -2.58. The van der Waals surface area contributed by atoms with Crippen LogP contribution >= 0.6 is 0 Å². The van der Waals surface area contributed by atoms with Crippen LogP contribution in [0, 0.1) is 12.7 Å². The molecule has 0 bridgehead atoms. The van der Waals surface area contributed by atoms with E-state index >= 15 is 0 Å². The number of ether oxygens (including phenoxy) is 1. The Morgan fingerprint density at radius 3 is 2.57 bits per heavy atom. The lowest BCUT2D eigenvalue weighted by atomic mass is 9.82. The molecule has 0 saturated carbocycles. The van der Waals surface area contributed by atoms with Crippen LogP contribution in [0.3, 0.4) is 0 Å². The molecule has 0 aromatic heterocycles. The molecule has 3 N–H and O–H groups in total. The third-order valence-corrected chi connectivity index (χ3v) is 4.64. The van der Waals surface area contributed by atoms with Crippen LogP contribution in [0.2, 0.25) is 0 Å². The van der Waals surface area contributed by atoms with E-state index in [1.54, 1.807) is 6.07 Å². The van der Waals surface area contributed by atoms with Gasteiger partial charge in [0, 0.05) is 18.6 Å². The third-order valence-electron chi connectivity index (χ3n) is 4.64.